The highest BCUT2D eigenvalue weighted by molar-refractivity contribution is 5.73. The quantitative estimate of drug-likeness (QED) is 0.508. The lowest BCUT2D eigenvalue weighted by atomic mass is 10.2. The molecule has 0 atom stereocenters. The highest BCUT2D eigenvalue weighted by atomic mass is 16.2. The van der Waals surface area contributed by atoms with Crippen molar-refractivity contribution < 1.29 is 0 Å². The third kappa shape index (κ3) is 4.26. The second kappa shape index (κ2) is 7.53. The minimum Gasteiger partial charge on any atom is -0.379 e. The van der Waals surface area contributed by atoms with E-state index in [2.05, 4.69) is 20.9 Å². The lowest BCUT2D eigenvalue weighted by Gasteiger charge is -2.27. The largest absolute Gasteiger partial charge is 0.379 e. The fourth-order valence-corrected chi connectivity index (χ4v) is 2.41. The van der Waals surface area contributed by atoms with E-state index in [0.717, 1.165) is 39.3 Å². The average molecular weight is 295 g/mol. The summed E-state index contributed by atoms with van der Waals surface area (Å²) in [6.45, 7) is 7.13. The molecule has 0 radical (unpaired) electrons. The number of likely N-dealkylation sites (N-methyl/N-ethyl adjacent to an activating group) is 1. The fraction of sp³-hybridized carbons (Fsp3) is 0.714. The normalized spacial score (nSPS) is 16.5. The van der Waals surface area contributed by atoms with Crippen molar-refractivity contribution in [2.75, 3.05) is 77.1 Å². The van der Waals surface area contributed by atoms with E-state index >= 15 is 0 Å². The first-order chi connectivity index (χ1) is 10.1. The summed E-state index contributed by atoms with van der Waals surface area (Å²) in [5.41, 5.74) is 0.0946. The molecule has 1 fully saturated rings. The number of nitrogens with zero attached hydrogens (tertiary/aromatic N) is 2. The van der Waals surface area contributed by atoms with Gasteiger partial charge in [-0.15, -0.1) is 0 Å². The van der Waals surface area contributed by atoms with Gasteiger partial charge in [-0.25, -0.2) is 0 Å². The van der Waals surface area contributed by atoms with E-state index in [1.165, 1.54) is 0 Å². The SMILES string of the molecule is CN(C)CCNc1c(NCCN2CCNCC2)c(=O)c1=O. The number of nitrogens with one attached hydrogen (secondary N) is 3. The van der Waals surface area contributed by atoms with Crippen LogP contribution in [0.2, 0.25) is 0 Å². The zero-order chi connectivity index (χ0) is 15.2. The molecule has 0 spiro atoms. The Balaban J connectivity index is 1.78. The second-order valence-electron chi connectivity index (χ2n) is 5.66. The minimum atomic E-state index is -0.404. The van der Waals surface area contributed by atoms with Gasteiger partial charge in [-0.05, 0) is 14.1 Å². The third-order valence-electron chi connectivity index (χ3n) is 3.71. The van der Waals surface area contributed by atoms with Crippen LogP contribution in [0.5, 0.6) is 0 Å². The summed E-state index contributed by atoms with van der Waals surface area (Å²) < 4.78 is 0. The number of anilines is 2. The van der Waals surface area contributed by atoms with Crippen molar-refractivity contribution in [1.29, 1.82) is 0 Å². The molecule has 0 unspecified atom stereocenters. The first-order valence-electron chi connectivity index (χ1n) is 7.48. The van der Waals surface area contributed by atoms with Gasteiger partial charge >= 0.3 is 0 Å². The van der Waals surface area contributed by atoms with Gasteiger partial charge in [-0.1, -0.05) is 0 Å². The molecule has 0 saturated carbocycles. The third-order valence-corrected chi connectivity index (χ3v) is 3.71. The van der Waals surface area contributed by atoms with Gasteiger partial charge in [0.2, 0.25) is 0 Å². The molecule has 0 aliphatic carbocycles. The van der Waals surface area contributed by atoms with Crippen molar-refractivity contribution in [2.24, 2.45) is 0 Å². The first kappa shape index (κ1) is 15.9. The van der Waals surface area contributed by atoms with Crippen LogP contribution < -0.4 is 26.8 Å². The van der Waals surface area contributed by atoms with Crippen molar-refractivity contribution in [3.63, 3.8) is 0 Å². The maximum atomic E-state index is 11.6. The molecular formula is C14H25N5O2. The van der Waals surface area contributed by atoms with Gasteiger partial charge in [-0.3, -0.25) is 14.5 Å². The molecule has 1 aliphatic heterocycles. The topological polar surface area (TPSA) is 76.7 Å². The molecule has 0 amide bonds. The summed E-state index contributed by atoms with van der Waals surface area (Å²) in [5, 5.41) is 9.46. The van der Waals surface area contributed by atoms with E-state index in [-0.39, 0.29) is 0 Å². The number of piperazine rings is 1. The van der Waals surface area contributed by atoms with Gasteiger partial charge in [0.1, 0.15) is 11.4 Å². The van der Waals surface area contributed by atoms with Gasteiger partial charge in [0.05, 0.1) is 0 Å². The molecule has 0 bridgehead atoms. The van der Waals surface area contributed by atoms with Gasteiger partial charge in [-0.2, -0.15) is 0 Å². The van der Waals surface area contributed by atoms with Crippen molar-refractivity contribution in [3.8, 4) is 0 Å². The maximum absolute atomic E-state index is 11.6. The van der Waals surface area contributed by atoms with Crippen LogP contribution >= 0.6 is 0 Å². The Hall–Kier alpha value is -1.44. The van der Waals surface area contributed by atoms with Crippen molar-refractivity contribution in [2.45, 2.75) is 0 Å². The smallest absolute Gasteiger partial charge is 0.253 e. The summed E-state index contributed by atoms with van der Waals surface area (Å²) in [5.74, 6) is 0. The van der Waals surface area contributed by atoms with Crippen molar-refractivity contribution in [1.82, 2.24) is 15.1 Å². The number of rotatable bonds is 8. The minimum absolute atomic E-state index is 0.400. The van der Waals surface area contributed by atoms with E-state index in [4.69, 9.17) is 0 Å². The van der Waals surface area contributed by atoms with Crippen LogP contribution in [-0.4, -0.2) is 76.3 Å². The Morgan fingerprint density at radius 3 is 2.19 bits per heavy atom. The van der Waals surface area contributed by atoms with E-state index in [1.54, 1.807) is 0 Å². The highest BCUT2D eigenvalue weighted by Crippen LogP contribution is 2.13. The molecular weight excluding hydrogens is 270 g/mol. The van der Waals surface area contributed by atoms with Gasteiger partial charge in [0.15, 0.2) is 0 Å². The van der Waals surface area contributed by atoms with Crippen LogP contribution in [0.3, 0.4) is 0 Å². The summed E-state index contributed by atoms with van der Waals surface area (Å²) in [4.78, 5) is 27.5. The Labute approximate surface area is 125 Å². The first-order valence-corrected chi connectivity index (χ1v) is 7.48. The zero-order valence-corrected chi connectivity index (χ0v) is 12.9. The lowest BCUT2D eigenvalue weighted by molar-refractivity contribution is 0.249. The predicted molar refractivity (Wildman–Crippen MR) is 86.2 cm³/mol. The van der Waals surface area contributed by atoms with E-state index in [9.17, 15) is 9.59 Å². The maximum Gasteiger partial charge on any atom is 0.253 e. The molecule has 1 heterocycles. The Bertz CT molecular complexity index is 516. The van der Waals surface area contributed by atoms with E-state index < -0.39 is 10.9 Å². The van der Waals surface area contributed by atoms with Crippen LogP contribution in [0, 0.1) is 0 Å². The molecule has 7 nitrogen and oxygen atoms in total. The molecule has 1 aliphatic rings. The predicted octanol–water partition coefficient (Wildman–Crippen LogP) is -1.43. The highest BCUT2D eigenvalue weighted by Gasteiger charge is 2.20. The molecule has 7 heteroatoms. The van der Waals surface area contributed by atoms with E-state index in [0.29, 0.717) is 24.5 Å². The number of hydrogen-bond acceptors (Lipinski definition) is 7. The molecule has 2 rings (SSSR count). The van der Waals surface area contributed by atoms with Crippen molar-refractivity contribution >= 4 is 11.4 Å². The summed E-state index contributed by atoms with van der Waals surface area (Å²) in [6.07, 6.45) is 0. The number of hydrogen-bond donors (Lipinski definition) is 3. The standard InChI is InChI=1S/C14H25N5O2/c1-18(2)7-5-16-11-12(14(21)13(11)20)17-6-10-19-8-3-15-4-9-19/h15-17H,3-10H2,1-2H3. The fourth-order valence-electron chi connectivity index (χ4n) is 2.41. The molecule has 0 aromatic heterocycles. The average Bonchev–Trinajstić information content (AvgIpc) is 2.49. The van der Waals surface area contributed by atoms with E-state index in [1.807, 2.05) is 19.0 Å². The Kier molecular flexibility index (Phi) is 5.72. The van der Waals surface area contributed by atoms with Crippen molar-refractivity contribution in [3.05, 3.63) is 20.4 Å². The van der Waals surface area contributed by atoms with Crippen LogP contribution in [0.25, 0.3) is 0 Å². The van der Waals surface area contributed by atoms with Gasteiger partial charge < -0.3 is 20.9 Å². The lowest BCUT2D eigenvalue weighted by Crippen LogP contribution is -2.45. The molecule has 118 valence electrons. The molecule has 1 aromatic carbocycles. The zero-order valence-electron chi connectivity index (χ0n) is 12.9. The molecule has 3 N–H and O–H groups in total. The molecule has 1 saturated heterocycles. The Morgan fingerprint density at radius 2 is 1.62 bits per heavy atom. The molecule has 1 aromatic rings. The summed E-state index contributed by atoms with van der Waals surface area (Å²) in [7, 11) is 3.94. The molecule has 21 heavy (non-hydrogen) atoms. The second-order valence-corrected chi connectivity index (χ2v) is 5.66. The summed E-state index contributed by atoms with van der Waals surface area (Å²) in [6, 6.07) is 0. The van der Waals surface area contributed by atoms with Gasteiger partial charge in [0.25, 0.3) is 10.9 Å². The summed E-state index contributed by atoms with van der Waals surface area (Å²) >= 11 is 0. The van der Waals surface area contributed by atoms with Crippen LogP contribution in [0.15, 0.2) is 9.59 Å². The monoisotopic (exact) mass is 295 g/mol. The van der Waals surface area contributed by atoms with Gasteiger partial charge in [0, 0.05) is 52.4 Å². The van der Waals surface area contributed by atoms with Crippen LogP contribution in [-0.2, 0) is 0 Å². The Morgan fingerprint density at radius 1 is 1.05 bits per heavy atom. The van der Waals surface area contributed by atoms with Crippen LogP contribution in [0.4, 0.5) is 11.4 Å². The van der Waals surface area contributed by atoms with Crippen LogP contribution in [0.1, 0.15) is 0 Å².